The van der Waals surface area contributed by atoms with Gasteiger partial charge in [0.2, 0.25) is 0 Å². The van der Waals surface area contributed by atoms with Crippen molar-refractivity contribution >= 4 is 29.1 Å². The molecule has 1 aromatic carbocycles. The number of rotatable bonds is 2. The highest BCUT2D eigenvalue weighted by molar-refractivity contribution is 6.40. The first-order chi connectivity index (χ1) is 9.97. The lowest BCUT2D eigenvalue weighted by molar-refractivity contribution is -0.137. The molecule has 0 spiro atoms. The summed E-state index contributed by atoms with van der Waals surface area (Å²) < 4.78 is 0. The molecule has 0 aliphatic heterocycles. The summed E-state index contributed by atoms with van der Waals surface area (Å²) in [6, 6.07) is 5.29. The van der Waals surface area contributed by atoms with Gasteiger partial charge in [-0.15, -0.1) is 0 Å². The largest absolute Gasteiger partial charge is 0.345 e. The number of carbonyl (C=O) groups excluding carboxylic acids is 2. The lowest BCUT2D eigenvalue weighted by Crippen LogP contribution is -2.45. The molecular weight excluding hydrogens is 288 g/mol. The minimum atomic E-state index is -0.641. The molecule has 1 aliphatic carbocycles. The van der Waals surface area contributed by atoms with Crippen molar-refractivity contribution in [2.75, 3.05) is 5.32 Å². The normalized spacial score (nSPS) is 21.7. The van der Waals surface area contributed by atoms with Gasteiger partial charge < -0.3 is 10.6 Å². The molecule has 0 heterocycles. The third-order valence-electron chi connectivity index (χ3n) is 4.08. The molecule has 5 heteroatoms. The van der Waals surface area contributed by atoms with Gasteiger partial charge in [-0.1, -0.05) is 37.4 Å². The Bertz CT molecular complexity index is 545. The van der Waals surface area contributed by atoms with Crippen LogP contribution in [0.2, 0.25) is 5.02 Å². The smallest absolute Gasteiger partial charge is 0.313 e. The first kappa shape index (κ1) is 15.8. The van der Waals surface area contributed by atoms with Crippen LogP contribution in [0.1, 0.15) is 38.2 Å². The Balaban J connectivity index is 1.96. The van der Waals surface area contributed by atoms with Crippen LogP contribution in [-0.4, -0.2) is 17.9 Å². The predicted octanol–water partition coefficient (Wildman–Crippen LogP) is 3.28. The number of anilines is 1. The van der Waals surface area contributed by atoms with Crippen LogP contribution in [0.15, 0.2) is 18.2 Å². The zero-order valence-electron chi connectivity index (χ0n) is 12.4. The Hall–Kier alpha value is -1.55. The molecule has 1 aromatic rings. The molecule has 0 saturated heterocycles. The highest BCUT2D eigenvalue weighted by Crippen LogP contribution is 2.24. The average Bonchev–Trinajstić information content (AvgIpc) is 2.45. The van der Waals surface area contributed by atoms with Crippen molar-refractivity contribution in [3.63, 3.8) is 0 Å². The van der Waals surface area contributed by atoms with Gasteiger partial charge in [0.25, 0.3) is 0 Å². The van der Waals surface area contributed by atoms with Crippen LogP contribution >= 0.6 is 11.6 Å². The summed E-state index contributed by atoms with van der Waals surface area (Å²) in [6.45, 7) is 3.97. The van der Waals surface area contributed by atoms with Gasteiger partial charge >= 0.3 is 11.8 Å². The number of amides is 2. The van der Waals surface area contributed by atoms with Gasteiger partial charge in [-0.05, 0) is 43.4 Å². The Labute approximate surface area is 130 Å². The number of benzene rings is 1. The van der Waals surface area contributed by atoms with Crippen molar-refractivity contribution in [3.8, 4) is 0 Å². The molecule has 114 valence electrons. The van der Waals surface area contributed by atoms with E-state index in [1.165, 1.54) is 6.42 Å². The van der Waals surface area contributed by atoms with Gasteiger partial charge in [0.1, 0.15) is 0 Å². The lowest BCUT2D eigenvalue weighted by Gasteiger charge is -2.29. The maximum absolute atomic E-state index is 12.0. The summed E-state index contributed by atoms with van der Waals surface area (Å²) in [6.07, 6.45) is 4.34. The molecule has 0 bridgehead atoms. The van der Waals surface area contributed by atoms with E-state index in [2.05, 4.69) is 17.6 Å². The minimum Gasteiger partial charge on any atom is -0.345 e. The number of carbonyl (C=O) groups is 2. The van der Waals surface area contributed by atoms with Crippen molar-refractivity contribution in [2.24, 2.45) is 5.92 Å². The van der Waals surface area contributed by atoms with Crippen LogP contribution in [0.25, 0.3) is 0 Å². The number of halogens is 1. The number of hydrogen-bond donors (Lipinski definition) is 2. The molecule has 1 fully saturated rings. The fourth-order valence-corrected chi connectivity index (χ4v) is 2.84. The van der Waals surface area contributed by atoms with E-state index in [1.54, 1.807) is 18.2 Å². The monoisotopic (exact) mass is 308 g/mol. The minimum absolute atomic E-state index is 0.0949. The lowest BCUT2D eigenvalue weighted by atomic mass is 9.86. The third-order valence-corrected chi connectivity index (χ3v) is 4.32. The molecule has 2 unspecified atom stereocenters. The predicted molar refractivity (Wildman–Crippen MR) is 84.4 cm³/mol. The molecular formula is C16H21ClN2O2. The van der Waals surface area contributed by atoms with E-state index in [0.717, 1.165) is 24.8 Å². The van der Waals surface area contributed by atoms with E-state index in [0.29, 0.717) is 16.6 Å². The molecule has 0 radical (unpaired) electrons. The van der Waals surface area contributed by atoms with Crippen molar-refractivity contribution < 1.29 is 9.59 Å². The summed E-state index contributed by atoms with van der Waals surface area (Å²) >= 11 is 5.90. The second-order valence-corrected chi connectivity index (χ2v) is 6.19. The summed E-state index contributed by atoms with van der Waals surface area (Å²) in [4.78, 5) is 24.0. The van der Waals surface area contributed by atoms with Crippen molar-refractivity contribution in [2.45, 2.75) is 45.6 Å². The fourth-order valence-electron chi connectivity index (χ4n) is 2.67. The Kier molecular flexibility index (Phi) is 5.23. The van der Waals surface area contributed by atoms with E-state index < -0.39 is 11.8 Å². The second-order valence-electron chi connectivity index (χ2n) is 5.76. The molecule has 0 aromatic heterocycles. The van der Waals surface area contributed by atoms with Crippen LogP contribution in [0, 0.1) is 12.8 Å². The quantitative estimate of drug-likeness (QED) is 0.824. The molecule has 2 amide bonds. The SMILES string of the molecule is Cc1ccc(Cl)cc1NC(=O)C(=O)NC1CCCCC1C. The van der Waals surface area contributed by atoms with Gasteiger partial charge in [-0.2, -0.15) is 0 Å². The Morgan fingerprint density at radius 1 is 1.19 bits per heavy atom. The van der Waals surface area contributed by atoms with Gasteiger partial charge in [0.15, 0.2) is 0 Å². The van der Waals surface area contributed by atoms with Crippen molar-refractivity contribution in [1.82, 2.24) is 5.32 Å². The van der Waals surface area contributed by atoms with Gasteiger partial charge in [0, 0.05) is 16.8 Å². The zero-order chi connectivity index (χ0) is 15.4. The van der Waals surface area contributed by atoms with Crippen molar-refractivity contribution in [3.05, 3.63) is 28.8 Å². The summed E-state index contributed by atoms with van der Waals surface area (Å²) in [5.41, 5.74) is 1.44. The molecule has 21 heavy (non-hydrogen) atoms. The average molecular weight is 309 g/mol. The standard InChI is InChI=1S/C16H21ClN2O2/c1-10-5-3-4-6-13(10)18-15(20)16(21)19-14-9-12(17)8-7-11(14)2/h7-10,13H,3-6H2,1-2H3,(H,18,20)(H,19,21). The van der Waals surface area contributed by atoms with Crippen LogP contribution in [-0.2, 0) is 9.59 Å². The number of aryl methyl sites for hydroxylation is 1. The molecule has 4 nitrogen and oxygen atoms in total. The maximum Gasteiger partial charge on any atom is 0.313 e. The highest BCUT2D eigenvalue weighted by atomic mass is 35.5. The fraction of sp³-hybridized carbons (Fsp3) is 0.500. The topological polar surface area (TPSA) is 58.2 Å². The van der Waals surface area contributed by atoms with Crippen LogP contribution in [0.5, 0.6) is 0 Å². The molecule has 2 atom stereocenters. The maximum atomic E-state index is 12.0. The summed E-state index contributed by atoms with van der Waals surface area (Å²) in [5, 5.41) is 5.98. The summed E-state index contributed by atoms with van der Waals surface area (Å²) in [5.74, 6) is -0.797. The van der Waals surface area contributed by atoms with E-state index >= 15 is 0 Å². The van der Waals surface area contributed by atoms with Gasteiger partial charge in [-0.3, -0.25) is 9.59 Å². The Morgan fingerprint density at radius 2 is 1.90 bits per heavy atom. The van der Waals surface area contributed by atoms with E-state index in [9.17, 15) is 9.59 Å². The zero-order valence-corrected chi connectivity index (χ0v) is 13.2. The highest BCUT2D eigenvalue weighted by Gasteiger charge is 2.25. The van der Waals surface area contributed by atoms with E-state index in [-0.39, 0.29) is 6.04 Å². The first-order valence-electron chi connectivity index (χ1n) is 7.35. The molecule has 1 saturated carbocycles. The first-order valence-corrected chi connectivity index (χ1v) is 7.73. The third kappa shape index (κ3) is 4.21. The number of hydrogen-bond acceptors (Lipinski definition) is 2. The van der Waals surface area contributed by atoms with Gasteiger partial charge in [0.05, 0.1) is 0 Å². The van der Waals surface area contributed by atoms with Crippen molar-refractivity contribution in [1.29, 1.82) is 0 Å². The Morgan fingerprint density at radius 3 is 2.62 bits per heavy atom. The van der Waals surface area contributed by atoms with E-state index in [4.69, 9.17) is 11.6 Å². The van der Waals surface area contributed by atoms with E-state index in [1.807, 2.05) is 6.92 Å². The molecule has 1 aliphatic rings. The van der Waals surface area contributed by atoms with Crippen LogP contribution in [0.3, 0.4) is 0 Å². The molecule has 2 N–H and O–H groups in total. The second kappa shape index (κ2) is 6.94. The van der Waals surface area contributed by atoms with Crippen LogP contribution in [0.4, 0.5) is 5.69 Å². The summed E-state index contributed by atoms with van der Waals surface area (Å²) in [7, 11) is 0. The number of nitrogens with one attached hydrogen (secondary N) is 2. The van der Waals surface area contributed by atoms with Crippen LogP contribution < -0.4 is 10.6 Å². The molecule has 2 rings (SSSR count). The van der Waals surface area contributed by atoms with Gasteiger partial charge in [-0.25, -0.2) is 0 Å².